The molecular weight excluding hydrogens is 234 g/mol. The first-order chi connectivity index (χ1) is 8.11. The smallest absolute Gasteiger partial charge is 0.180 e. The van der Waals surface area contributed by atoms with E-state index in [9.17, 15) is 0 Å². The minimum absolute atomic E-state index is 0.594. The van der Waals surface area contributed by atoms with Crippen LogP contribution in [-0.2, 0) is 6.42 Å². The fraction of sp³-hybridized carbons (Fsp3) is 0.333. The molecule has 0 spiro atoms. The van der Waals surface area contributed by atoms with E-state index < -0.39 is 0 Å². The van der Waals surface area contributed by atoms with Gasteiger partial charge in [-0.1, -0.05) is 0 Å². The summed E-state index contributed by atoms with van der Waals surface area (Å²) in [4.78, 5) is 9.60. The zero-order valence-corrected chi connectivity index (χ0v) is 11.0. The first-order valence-electron chi connectivity index (χ1n) is 5.31. The molecule has 0 atom stereocenters. The van der Waals surface area contributed by atoms with E-state index in [4.69, 9.17) is 10.5 Å². The summed E-state index contributed by atoms with van der Waals surface area (Å²) in [6, 6.07) is 0. The Hall–Kier alpha value is -1.62. The Morgan fingerprint density at radius 1 is 1.29 bits per heavy atom. The first kappa shape index (κ1) is 11.9. The van der Waals surface area contributed by atoms with E-state index in [-0.39, 0.29) is 0 Å². The number of hydrogen-bond acceptors (Lipinski definition) is 5. The lowest BCUT2D eigenvalue weighted by molar-refractivity contribution is 0.407. The molecule has 0 unspecified atom stereocenters. The molecule has 0 aliphatic rings. The molecule has 4 nitrogen and oxygen atoms in total. The van der Waals surface area contributed by atoms with E-state index >= 15 is 0 Å². The van der Waals surface area contributed by atoms with Crippen LogP contribution < -0.4 is 10.5 Å². The van der Waals surface area contributed by atoms with Gasteiger partial charge in [0.05, 0.1) is 12.8 Å². The van der Waals surface area contributed by atoms with Crippen molar-refractivity contribution in [2.45, 2.75) is 20.3 Å². The highest BCUT2D eigenvalue weighted by Gasteiger charge is 2.11. The Labute approximate surface area is 104 Å². The van der Waals surface area contributed by atoms with Gasteiger partial charge in [0.2, 0.25) is 0 Å². The minimum Gasteiger partial charge on any atom is -0.496 e. The first-order valence-corrected chi connectivity index (χ1v) is 6.12. The second-order valence-electron chi connectivity index (χ2n) is 3.89. The Bertz CT molecular complexity index is 537. The third-order valence-electron chi connectivity index (χ3n) is 2.66. The minimum atomic E-state index is 0.594. The molecule has 2 rings (SSSR count). The number of pyridine rings is 1. The van der Waals surface area contributed by atoms with E-state index in [0.29, 0.717) is 5.13 Å². The summed E-state index contributed by atoms with van der Waals surface area (Å²) in [7, 11) is 1.68. The zero-order valence-electron chi connectivity index (χ0n) is 10.2. The van der Waals surface area contributed by atoms with Gasteiger partial charge in [-0.3, -0.25) is 4.98 Å². The van der Waals surface area contributed by atoms with Crippen molar-refractivity contribution in [1.82, 2.24) is 9.97 Å². The highest BCUT2D eigenvalue weighted by molar-refractivity contribution is 7.15. The van der Waals surface area contributed by atoms with Crippen LogP contribution in [0.1, 0.15) is 21.7 Å². The standard InChI is InChI=1S/C12H15N3OS/c1-7-5-14-10(8(2)11(7)16-3)4-9-6-15-12(13)17-9/h5-6H,4H2,1-3H3,(H2,13,15). The molecule has 2 N–H and O–H groups in total. The van der Waals surface area contributed by atoms with Crippen molar-refractivity contribution >= 4 is 16.5 Å². The Kier molecular flexibility index (Phi) is 3.28. The summed E-state index contributed by atoms with van der Waals surface area (Å²) in [5.41, 5.74) is 8.76. The fourth-order valence-corrected chi connectivity index (χ4v) is 2.51. The number of ether oxygens (including phenoxy) is 1. The van der Waals surface area contributed by atoms with Crippen LogP contribution in [-0.4, -0.2) is 17.1 Å². The normalized spacial score (nSPS) is 10.5. The maximum absolute atomic E-state index is 5.61. The number of aromatic nitrogens is 2. The van der Waals surface area contributed by atoms with Gasteiger partial charge in [-0.2, -0.15) is 0 Å². The number of hydrogen-bond donors (Lipinski definition) is 1. The molecule has 0 aliphatic carbocycles. The van der Waals surface area contributed by atoms with Crippen LogP contribution in [0.4, 0.5) is 5.13 Å². The van der Waals surface area contributed by atoms with Gasteiger partial charge in [-0.05, 0) is 13.8 Å². The van der Waals surface area contributed by atoms with Gasteiger partial charge in [0.25, 0.3) is 0 Å². The average Bonchev–Trinajstić information content (AvgIpc) is 2.69. The molecule has 2 aromatic heterocycles. The Morgan fingerprint density at radius 2 is 2.06 bits per heavy atom. The van der Waals surface area contributed by atoms with Gasteiger partial charge >= 0.3 is 0 Å². The highest BCUT2D eigenvalue weighted by Crippen LogP contribution is 2.26. The number of aryl methyl sites for hydroxylation is 1. The summed E-state index contributed by atoms with van der Waals surface area (Å²) < 4.78 is 5.38. The molecule has 0 bridgehead atoms. The molecule has 0 aliphatic heterocycles. The number of nitrogens with two attached hydrogens (primary N) is 1. The van der Waals surface area contributed by atoms with Crippen LogP contribution in [0, 0.1) is 13.8 Å². The van der Waals surface area contributed by atoms with Gasteiger partial charge in [-0.15, -0.1) is 11.3 Å². The van der Waals surface area contributed by atoms with Crippen LogP contribution >= 0.6 is 11.3 Å². The monoisotopic (exact) mass is 249 g/mol. The second kappa shape index (κ2) is 4.71. The van der Waals surface area contributed by atoms with Crippen molar-refractivity contribution in [3.05, 3.63) is 34.1 Å². The summed E-state index contributed by atoms with van der Waals surface area (Å²) >= 11 is 1.49. The Morgan fingerprint density at radius 3 is 2.65 bits per heavy atom. The molecule has 17 heavy (non-hydrogen) atoms. The van der Waals surface area contributed by atoms with E-state index in [0.717, 1.165) is 33.9 Å². The topological polar surface area (TPSA) is 61.0 Å². The second-order valence-corrected chi connectivity index (χ2v) is 5.03. The van der Waals surface area contributed by atoms with Crippen molar-refractivity contribution < 1.29 is 4.74 Å². The molecule has 2 heterocycles. The van der Waals surface area contributed by atoms with Crippen molar-refractivity contribution in [1.29, 1.82) is 0 Å². The quantitative estimate of drug-likeness (QED) is 0.907. The molecule has 90 valence electrons. The lowest BCUT2D eigenvalue weighted by Gasteiger charge is -2.11. The largest absolute Gasteiger partial charge is 0.496 e. The third kappa shape index (κ3) is 2.39. The van der Waals surface area contributed by atoms with E-state index in [1.54, 1.807) is 13.3 Å². The SMILES string of the molecule is COc1c(C)cnc(Cc2cnc(N)s2)c1C. The average molecular weight is 249 g/mol. The fourth-order valence-electron chi connectivity index (χ4n) is 1.82. The van der Waals surface area contributed by atoms with Gasteiger partial charge in [0.15, 0.2) is 5.13 Å². The number of nitrogen functional groups attached to an aromatic ring is 1. The van der Waals surface area contributed by atoms with Gasteiger partial charge in [-0.25, -0.2) is 4.98 Å². The lowest BCUT2D eigenvalue weighted by Crippen LogP contribution is -2.00. The van der Waals surface area contributed by atoms with Gasteiger partial charge < -0.3 is 10.5 Å². The van der Waals surface area contributed by atoms with Crippen molar-refractivity contribution in [3.8, 4) is 5.75 Å². The zero-order chi connectivity index (χ0) is 12.4. The molecule has 0 aromatic carbocycles. The maximum Gasteiger partial charge on any atom is 0.180 e. The van der Waals surface area contributed by atoms with Crippen LogP contribution in [0.3, 0.4) is 0 Å². The van der Waals surface area contributed by atoms with Crippen molar-refractivity contribution in [2.24, 2.45) is 0 Å². The number of anilines is 1. The van der Waals surface area contributed by atoms with Crippen molar-refractivity contribution in [2.75, 3.05) is 12.8 Å². The van der Waals surface area contributed by atoms with Crippen LogP contribution in [0.2, 0.25) is 0 Å². The van der Waals surface area contributed by atoms with Crippen LogP contribution in [0.25, 0.3) is 0 Å². The molecule has 0 fully saturated rings. The predicted octanol–water partition coefficient (Wildman–Crippen LogP) is 2.34. The summed E-state index contributed by atoms with van der Waals surface area (Å²) in [5, 5.41) is 0.594. The van der Waals surface area contributed by atoms with E-state index in [1.807, 2.05) is 20.0 Å². The molecule has 0 saturated heterocycles. The van der Waals surface area contributed by atoms with E-state index in [1.165, 1.54) is 11.3 Å². The summed E-state index contributed by atoms with van der Waals surface area (Å²) in [5.74, 6) is 0.910. The predicted molar refractivity (Wildman–Crippen MR) is 69.6 cm³/mol. The molecule has 0 amide bonds. The highest BCUT2D eigenvalue weighted by atomic mass is 32.1. The van der Waals surface area contributed by atoms with Gasteiger partial charge in [0, 0.05) is 34.8 Å². The summed E-state index contributed by atoms with van der Waals surface area (Å²) in [6.07, 6.45) is 4.39. The molecule has 5 heteroatoms. The maximum atomic E-state index is 5.61. The third-order valence-corrected chi connectivity index (χ3v) is 3.49. The number of thiazole rings is 1. The summed E-state index contributed by atoms with van der Waals surface area (Å²) in [6.45, 7) is 4.02. The van der Waals surface area contributed by atoms with Crippen LogP contribution in [0.15, 0.2) is 12.4 Å². The molecular formula is C12H15N3OS. The molecule has 0 saturated carbocycles. The molecule has 2 aromatic rings. The Balaban J connectivity index is 2.33. The van der Waals surface area contributed by atoms with Gasteiger partial charge in [0.1, 0.15) is 5.75 Å². The van der Waals surface area contributed by atoms with E-state index in [2.05, 4.69) is 9.97 Å². The van der Waals surface area contributed by atoms with Crippen LogP contribution in [0.5, 0.6) is 5.75 Å². The number of rotatable bonds is 3. The number of methoxy groups -OCH3 is 1. The number of nitrogens with zero attached hydrogens (tertiary/aromatic N) is 2. The lowest BCUT2D eigenvalue weighted by atomic mass is 10.1. The molecule has 0 radical (unpaired) electrons. The van der Waals surface area contributed by atoms with Crippen molar-refractivity contribution in [3.63, 3.8) is 0 Å².